The zero-order valence-corrected chi connectivity index (χ0v) is 12.8. The van der Waals surface area contributed by atoms with Crippen molar-refractivity contribution in [2.24, 2.45) is 0 Å². The van der Waals surface area contributed by atoms with E-state index in [4.69, 9.17) is 14.2 Å². The van der Waals surface area contributed by atoms with E-state index in [0.29, 0.717) is 24.3 Å². The molecule has 2 atom stereocenters. The molecule has 1 spiro atoms. The minimum atomic E-state index is -0.261. The molecule has 5 heteroatoms. The molecule has 20 heavy (non-hydrogen) atoms. The molecule has 0 aromatic heterocycles. The van der Waals surface area contributed by atoms with Crippen LogP contribution < -0.4 is 4.74 Å². The first-order chi connectivity index (χ1) is 9.69. The number of benzene rings is 1. The minimum Gasteiger partial charge on any atom is -0.490 e. The summed E-state index contributed by atoms with van der Waals surface area (Å²) in [5, 5.41) is 0.618. The van der Waals surface area contributed by atoms with E-state index in [2.05, 4.69) is 15.9 Å². The van der Waals surface area contributed by atoms with Crippen LogP contribution in [0.4, 0.5) is 4.39 Å². The molecule has 2 unspecified atom stereocenters. The van der Waals surface area contributed by atoms with E-state index in [-0.39, 0.29) is 17.5 Å². The van der Waals surface area contributed by atoms with E-state index < -0.39 is 0 Å². The standard InChI is InChI=1S/C15H18BrFO3/c16-9-11-5-12(17)7-14(6-11)20-13-1-3-19-15(8-13)2-4-18-10-15/h5-7,13H,1-4,8-10H2. The molecule has 2 fully saturated rings. The fourth-order valence-corrected chi connectivity index (χ4v) is 3.23. The summed E-state index contributed by atoms with van der Waals surface area (Å²) in [5.41, 5.74) is 0.695. The molecule has 0 saturated carbocycles. The van der Waals surface area contributed by atoms with Gasteiger partial charge < -0.3 is 14.2 Å². The number of ether oxygens (including phenoxy) is 3. The molecular formula is C15H18BrFO3. The van der Waals surface area contributed by atoms with Gasteiger partial charge in [-0.1, -0.05) is 15.9 Å². The Bertz CT molecular complexity index is 474. The van der Waals surface area contributed by atoms with E-state index in [1.54, 1.807) is 0 Å². The van der Waals surface area contributed by atoms with Gasteiger partial charge in [-0.05, 0) is 17.7 Å². The Labute approximate surface area is 126 Å². The van der Waals surface area contributed by atoms with E-state index in [9.17, 15) is 4.39 Å². The minimum absolute atomic E-state index is 0.0652. The predicted octanol–water partition coefficient (Wildman–Crippen LogP) is 3.44. The highest BCUT2D eigenvalue weighted by atomic mass is 79.9. The van der Waals surface area contributed by atoms with Gasteiger partial charge in [0.2, 0.25) is 0 Å². The average molecular weight is 345 g/mol. The van der Waals surface area contributed by atoms with Crippen molar-refractivity contribution in [3.63, 3.8) is 0 Å². The van der Waals surface area contributed by atoms with Crippen molar-refractivity contribution in [3.05, 3.63) is 29.6 Å². The first-order valence-electron chi connectivity index (χ1n) is 6.93. The molecule has 2 saturated heterocycles. The molecule has 0 radical (unpaired) electrons. The number of alkyl halides is 1. The van der Waals surface area contributed by atoms with Crippen LogP contribution in [0.2, 0.25) is 0 Å². The van der Waals surface area contributed by atoms with Crippen LogP contribution >= 0.6 is 15.9 Å². The van der Waals surface area contributed by atoms with Crippen molar-refractivity contribution in [3.8, 4) is 5.75 Å². The molecule has 2 aliphatic heterocycles. The van der Waals surface area contributed by atoms with Gasteiger partial charge in [-0.25, -0.2) is 4.39 Å². The SMILES string of the molecule is Fc1cc(CBr)cc(OC2CCOC3(CCOC3)C2)c1. The maximum atomic E-state index is 13.5. The number of rotatable bonds is 3. The van der Waals surface area contributed by atoms with Crippen LogP contribution in [0.1, 0.15) is 24.8 Å². The summed E-state index contributed by atoms with van der Waals surface area (Å²) in [5.74, 6) is 0.336. The van der Waals surface area contributed by atoms with E-state index >= 15 is 0 Å². The quantitative estimate of drug-likeness (QED) is 0.786. The normalized spacial score (nSPS) is 29.8. The zero-order valence-electron chi connectivity index (χ0n) is 11.2. The molecule has 3 nitrogen and oxygen atoms in total. The Morgan fingerprint density at radius 2 is 2.25 bits per heavy atom. The van der Waals surface area contributed by atoms with E-state index in [0.717, 1.165) is 31.4 Å². The Morgan fingerprint density at radius 3 is 3.00 bits per heavy atom. The summed E-state index contributed by atoms with van der Waals surface area (Å²) in [4.78, 5) is 0. The van der Waals surface area contributed by atoms with Crippen LogP contribution in [-0.4, -0.2) is 31.5 Å². The third kappa shape index (κ3) is 3.15. The Hall–Kier alpha value is -0.650. The highest BCUT2D eigenvalue weighted by Crippen LogP contribution is 2.34. The second-order valence-corrected chi connectivity index (χ2v) is 6.06. The molecule has 0 N–H and O–H groups in total. The predicted molar refractivity (Wildman–Crippen MR) is 76.8 cm³/mol. The van der Waals surface area contributed by atoms with Gasteiger partial charge in [0.25, 0.3) is 0 Å². The molecule has 1 aromatic carbocycles. The summed E-state index contributed by atoms with van der Waals surface area (Å²) in [6, 6.07) is 4.84. The summed E-state index contributed by atoms with van der Waals surface area (Å²) < 4.78 is 30.8. The van der Waals surface area contributed by atoms with Crippen molar-refractivity contribution in [2.75, 3.05) is 19.8 Å². The molecule has 1 aromatic rings. The van der Waals surface area contributed by atoms with Gasteiger partial charge >= 0.3 is 0 Å². The lowest BCUT2D eigenvalue weighted by Gasteiger charge is -2.37. The maximum Gasteiger partial charge on any atom is 0.127 e. The summed E-state index contributed by atoms with van der Waals surface area (Å²) in [7, 11) is 0. The van der Waals surface area contributed by atoms with Crippen molar-refractivity contribution in [2.45, 2.75) is 36.3 Å². The highest BCUT2D eigenvalue weighted by molar-refractivity contribution is 9.08. The van der Waals surface area contributed by atoms with Crippen LogP contribution in [0.15, 0.2) is 18.2 Å². The lowest BCUT2D eigenvalue weighted by atomic mass is 9.91. The molecule has 0 amide bonds. The first-order valence-corrected chi connectivity index (χ1v) is 8.05. The van der Waals surface area contributed by atoms with Gasteiger partial charge in [0.1, 0.15) is 17.7 Å². The van der Waals surface area contributed by atoms with Crippen molar-refractivity contribution in [1.82, 2.24) is 0 Å². The Kier molecular flexibility index (Phi) is 4.29. The third-order valence-electron chi connectivity index (χ3n) is 3.90. The number of hydrogen-bond donors (Lipinski definition) is 0. The van der Waals surface area contributed by atoms with Gasteiger partial charge in [0.05, 0.1) is 18.8 Å². The lowest BCUT2D eigenvalue weighted by Crippen LogP contribution is -2.44. The molecule has 110 valence electrons. The zero-order chi connectivity index (χ0) is 14.0. The molecule has 0 bridgehead atoms. The summed E-state index contributed by atoms with van der Waals surface area (Å²) >= 11 is 3.34. The fraction of sp³-hybridized carbons (Fsp3) is 0.600. The van der Waals surface area contributed by atoms with Crippen molar-refractivity contribution < 1.29 is 18.6 Å². The van der Waals surface area contributed by atoms with Crippen LogP contribution in [0.25, 0.3) is 0 Å². The average Bonchev–Trinajstić information content (AvgIpc) is 2.86. The summed E-state index contributed by atoms with van der Waals surface area (Å²) in [6.45, 7) is 2.07. The van der Waals surface area contributed by atoms with Crippen LogP contribution in [-0.2, 0) is 14.8 Å². The second-order valence-electron chi connectivity index (χ2n) is 5.50. The molecule has 2 aliphatic rings. The van der Waals surface area contributed by atoms with Crippen molar-refractivity contribution >= 4 is 15.9 Å². The van der Waals surface area contributed by atoms with Gasteiger partial charge in [-0.3, -0.25) is 0 Å². The van der Waals surface area contributed by atoms with Crippen LogP contribution in [0, 0.1) is 5.82 Å². The maximum absolute atomic E-state index is 13.5. The van der Waals surface area contributed by atoms with Gasteiger partial charge in [0, 0.05) is 37.3 Å². The number of halogens is 2. The van der Waals surface area contributed by atoms with E-state index in [1.807, 2.05) is 6.07 Å². The smallest absolute Gasteiger partial charge is 0.127 e. The second kappa shape index (κ2) is 6.00. The van der Waals surface area contributed by atoms with Gasteiger partial charge in [-0.2, -0.15) is 0 Å². The molecule has 3 rings (SSSR count). The van der Waals surface area contributed by atoms with Crippen LogP contribution in [0.3, 0.4) is 0 Å². The number of hydrogen-bond acceptors (Lipinski definition) is 3. The van der Waals surface area contributed by atoms with Gasteiger partial charge in [-0.15, -0.1) is 0 Å². The lowest BCUT2D eigenvalue weighted by molar-refractivity contribution is -0.112. The largest absolute Gasteiger partial charge is 0.490 e. The fourth-order valence-electron chi connectivity index (χ4n) is 2.91. The monoisotopic (exact) mass is 344 g/mol. The highest BCUT2D eigenvalue weighted by Gasteiger charge is 2.41. The summed E-state index contributed by atoms with van der Waals surface area (Å²) in [6.07, 6.45) is 2.63. The third-order valence-corrected chi connectivity index (χ3v) is 4.55. The Balaban J connectivity index is 1.69. The van der Waals surface area contributed by atoms with Crippen molar-refractivity contribution in [1.29, 1.82) is 0 Å². The Morgan fingerprint density at radius 1 is 1.35 bits per heavy atom. The molecular weight excluding hydrogens is 327 g/mol. The topological polar surface area (TPSA) is 27.7 Å². The van der Waals surface area contributed by atoms with Crippen LogP contribution in [0.5, 0.6) is 5.75 Å². The first kappa shape index (κ1) is 14.3. The van der Waals surface area contributed by atoms with Gasteiger partial charge in [0.15, 0.2) is 0 Å². The molecule has 2 heterocycles. The van der Waals surface area contributed by atoms with E-state index in [1.165, 1.54) is 12.1 Å². The molecule has 0 aliphatic carbocycles.